The van der Waals surface area contributed by atoms with Crippen molar-refractivity contribution in [1.82, 2.24) is 0 Å². The molecular weight excluding hydrogens is 324 g/mol. The molecule has 0 unspecified atom stereocenters. The predicted molar refractivity (Wildman–Crippen MR) is 88.8 cm³/mol. The van der Waals surface area contributed by atoms with Gasteiger partial charge >= 0.3 is 0 Å². The van der Waals surface area contributed by atoms with Crippen LogP contribution in [0.25, 0.3) is 0 Å². The van der Waals surface area contributed by atoms with Crippen molar-refractivity contribution in [3.05, 3.63) is 35.9 Å². The summed E-state index contributed by atoms with van der Waals surface area (Å²) in [5.41, 5.74) is 0.795. The van der Waals surface area contributed by atoms with E-state index in [4.69, 9.17) is 23.7 Å². The van der Waals surface area contributed by atoms with Gasteiger partial charge in [-0.3, -0.25) is 0 Å². The second-order valence-corrected chi connectivity index (χ2v) is 7.85. The standard InChI is InChI=1S/C19H26O6/c1-18(2)21-10-12(23-18)14-16-17(25-19(3,4)24-16)15(22-14)13(20)11-8-6-5-7-9-11/h5-9,12-17,20H,10H2,1-4H3/t12-,13+,14-,15-,16+,17-/m1/s1. The molecule has 0 aliphatic carbocycles. The van der Waals surface area contributed by atoms with E-state index >= 15 is 0 Å². The largest absolute Gasteiger partial charge is 0.386 e. The monoisotopic (exact) mass is 350 g/mol. The molecule has 6 heteroatoms. The first-order valence-corrected chi connectivity index (χ1v) is 8.82. The molecule has 3 saturated heterocycles. The van der Waals surface area contributed by atoms with Crippen molar-refractivity contribution in [2.75, 3.05) is 6.61 Å². The van der Waals surface area contributed by atoms with Crippen LogP contribution in [0.1, 0.15) is 39.4 Å². The van der Waals surface area contributed by atoms with Gasteiger partial charge in [-0.2, -0.15) is 0 Å². The van der Waals surface area contributed by atoms with Crippen LogP contribution in [0, 0.1) is 0 Å². The van der Waals surface area contributed by atoms with Gasteiger partial charge in [-0.25, -0.2) is 0 Å². The Kier molecular flexibility index (Phi) is 4.18. The lowest BCUT2D eigenvalue weighted by Crippen LogP contribution is -2.40. The van der Waals surface area contributed by atoms with Gasteiger partial charge in [0.15, 0.2) is 11.6 Å². The van der Waals surface area contributed by atoms with Gasteiger partial charge in [0.05, 0.1) is 6.61 Å². The quantitative estimate of drug-likeness (QED) is 0.901. The highest BCUT2D eigenvalue weighted by Gasteiger charge is 2.60. The Labute approximate surface area is 148 Å². The topological polar surface area (TPSA) is 66.4 Å². The fourth-order valence-electron chi connectivity index (χ4n) is 3.93. The van der Waals surface area contributed by atoms with Gasteiger partial charge in [0.25, 0.3) is 0 Å². The Morgan fingerprint density at radius 1 is 0.920 bits per heavy atom. The highest BCUT2D eigenvalue weighted by Crippen LogP contribution is 2.45. The van der Waals surface area contributed by atoms with Crippen LogP contribution in [-0.2, 0) is 23.7 Å². The summed E-state index contributed by atoms with van der Waals surface area (Å²) in [7, 11) is 0. The molecular formula is C19H26O6. The number of benzene rings is 1. The Balaban J connectivity index is 1.59. The van der Waals surface area contributed by atoms with Gasteiger partial charge in [0.2, 0.25) is 0 Å². The normalized spacial score (nSPS) is 40.1. The Morgan fingerprint density at radius 2 is 1.60 bits per heavy atom. The molecule has 0 aromatic heterocycles. The van der Waals surface area contributed by atoms with Crippen LogP contribution in [-0.4, -0.2) is 53.8 Å². The summed E-state index contributed by atoms with van der Waals surface area (Å²) >= 11 is 0. The Morgan fingerprint density at radius 3 is 2.24 bits per heavy atom. The van der Waals surface area contributed by atoms with Crippen molar-refractivity contribution in [3.8, 4) is 0 Å². The number of aliphatic hydroxyl groups is 1. The maximum absolute atomic E-state index is 10.9. The second-order valence-electron chi connectivity index (χ2n) is 7.85. The van der Waals surface area contributed by atoms with E-state index in [9.17, 15) is 5.11 Å². The first-order valence-electron chi connectivity index (χ1n) is 8.82. The molecule has 0 bridgehead atoms. The van der Waals surface area contributed by atoms with E-state index in [1.165, 1.54) is 0 Å². The maximum Gasteiger partial charge on any atom is 0.164 e. The molecule has 0 amide bonds. The first kappa shape index (κ1) is 17.4. The number of ether oxygens (including phenoxy) is 5. The van der Waals surface area contributed by atoms with Crippen LogP contribution in [0.15, 0.2) is 30.3 Å². The number of rotatable bonds is 3. The molecule has 0 radical (unpaired) electrons. The summed E-state index contributed by atoms with van der Waals surface area (Å²) in [6, 6.07) is 9.48. The lowest BCUT2D eigenvalue weighted by atomic mass is 9.97. The van der Waals surface area contributed by atoms with Crippen LogP contribution in [0.4, 0.5) is 0 Å². The van der Waals surface area contributed by atoms with Crippen molar-refractivity contribution in [2.45, 2.75) is 75.9 Å². The van der Waals surface area contributed by atoms with Crippen molar-refractivity contribution in [2.24, 2.45) is 0 Å². The lowest BCUT2D eigenvalue weighted by molar-refractivity contribution is -0.215. The average molecular weight is 350 g/mol. The van der Waals surface area contributed by atoms with Crippen LogP contribution >= 0.6 is 0 Å². The zero-order chi connectivity index (χ0) is 17.8. The highest BCUT2D eigenvalue weighted by atomic mass is 16.8. The molecule has 6 atom stereocenters. The van der Waals surface area contributed by atoms with Crippen LogP contribution in [0.2, 0.25) is 0 Å². The van der Waals surface area contributed by atoms with E-state index in [0.29, 0.717) is 6.61 Å². The summed E-state index contributed by atoms with van der Waals surface area (Å²) < 4.78 is 30.0. The Hall–Kier alpha value is -1.02. The van der Waals surface area contributed by atoms with Crippen molar-refractivity contribution < 1.29 is 28.8 Å². The van der Waals surface area contributed by atoms with E-state index in [2.05, 4.69) is 0 Å². The number of fused-ring (bicyclic) bond motifs is 1. The lowest BCUT2D eigenvalue weighted by Gasteiger charge is -2.28. The summed E-state index contributed by atoms with van der Waals surface area (Å²) in [6.07, 6.45) is -2.59. The molecule has 0 spiro atoms. The maximum atomic E-state index is 10.9. The van der Waals surface area contributed by atoms with Crippen molar-refractivity contribution in [1.29, 1.82) is 0 Å². The minimum Gasteiger partial charge on any atom is -0.386 e. The number of aliphatic hydroxyl groups excluding tert-OH is 1. The van der Waals surface area contributed by atoms with Crippen molar-refractivity contribution >= 4 is 0 Å². The van der Waals surface area contributed by atoms with Crippen LogP contribution < -0.4 is 0 Å². The van der Waals surface area contributed by atoms with E-state index < -0.39 is 23.8 Å². The minimum absolute atomic E-state index is 0.257. The molecule has 25 heavy (non-hydrogen) atoms. The number of hydrogen-bond acceptors (Lipinski definition) is 6. The Bertz CT molecular complexity index is 616. The van der Waals surface area contributed by atoms with Crippen molar-refractivity contribution in [3.63, 3.8) is 0 Å². The van der Waals surface area contributed by atoms with Gasteiger partial charge < -0.3 is 28.8 Å². The van der Waals surface area contributed by atoms with Gasteiger partial charge in [0.1, 0.15) is 36.6 Å². The van der Waals surface area contributed by atoms with E-state index in [1.54, 1.807) is 0 Å². The molecule has 6 nitrogen and oxygen atoms in total. The third kappa shape index (κ3) is 3.23. The molecule has 138 valence electrons. The zero-order valence-electron chi connectivity index (χ0n) is 15.0. The minimum atomic E-state index is -0.800. The SMILES string of the molecule is CC1(C)O[C@@H]2[C@H](O1)[C@@H]([C@@H](O)c1ccccc1)O[C@@H]2[C@H]1COC(C)(C)O1. The summed E-state index contributed by atoms with van der Waals surface area (Å²) in [5.74, 6) is -1.37. The summed E-state index contributed by atoms with van der Waals surface area (Å²) in [6.45, 7) is 7.95. The average Bonchev–Trinajstić information content (AvgIpc) is 3.17. The van der Waals surface area contributed by atoms with Crippen LogP contribution in [0.5, 0.6) is 0 Å². The predicted octanol–water partition coefficient (Wildman–Crippen LogP) is 2.16. The molecule has 3 heterocycles. The number of hydrogen-bond donors (Lipinski definition) is 1. The summed E-state index contributed by atoms with van der Waals surface area (Å²) in [4.78, 5) is 0. The fourth-order valence-corrected chi connectivity index (χ4v) is 3.93. The van der Waals surface area contributed by atoms with Gasteiger partial charge in [-0.05, 0) is 33.3 Å². The molecule has 1 aromatic carbocycles. The highest BCUT2D eigenvalue weighted by molar-refractivity contribution is 5.20. The molecule has 0 saturated carbocycles. The fraction of sp³-hybridized carbons (Fsp3) is 0.684. The molecule has 3 fully saturated rings. The third-order valence-corrected chi connectivity index (χ3v) is 4.97. The zero-order valence-corrected chi connectivity index (χ0v) is 15.0. The van der Waals surface area contributed by atoms with Crippen LogP contribution in [0.3, 0.4) is 0 Å². The first-order chi connectivity index (χ1) is 11.8. The molecule has 4 rings (SSSR count). The summed E-state index contributed by atoms with van der Waals surface area (Å²) in [5, 5.41) is 10.9. The van der Waals surface area contributed by atoms with Gasteiger partial charge in [-0.1, -0.05) is 30.3 Å². The third-order valence-electron chi connectivity index (χ3n) is 4.97. The second kappa shape index (κ2) is 6.01. The van der Waals surface area contributed by atoms with E-state index in [1.807, 2.05) is 58.0 Å². The van der Waals surface area contributed by atoms with Gasteiger partial charge in [0, 0.05) is 0 Å². The molecule has 1 aromatic rings. The molecule has 3 aliphatic rings. The van der Waals surface area contributed by atoms with E-state index in [-0.39, 0.29) is 24.4 Å². The molecule has 3 aliphatic heterocycles. The van der Waals surface area contributed by atoms with E-state index in [0.717, 1.165) is 5.56 Å². The van der Waals surface area contributed by atoms with Gasteiger partial charge in [-0.15, -0.1) is 0 Å². The smallest absolute Gasteiger partial charge is 0.164 e. The molecule has 1 N–H and O–H groups in total.